The summed E-state index contributed by atoms with van der Waals surface area (Å²) in [6.45, 7) is 0.485. The summed E-state index contributed by atoms with van der Waals surface area (Å²) in [5.41, 5.74) is 1.78. The maximum atomic E-state index is 10.7. The summed E-state index contributed by atoms with van der Waals surface area (Å²) < 4.78 is 10.4. The van der Waals surface area contributed by atoms with Crippen LogP contribution in [0.15, 0.2) is 60.4 Å². The molecule has 0 fully saturated rings. The Labute approximate surface area is 151 Å². The van der Waals surface area contributed by atoms with Gasteiger partial charge in [0, 0.05) is 0 Å². The van der Waals surface area contributed by atoms with Gasteiger partial charge in [-0.05, 0) is 29.3 Å². The fourth-order valence-corrected chi connectivity index (χ4v) is 1.75. The van der Waals surface area contributed by atoms with Crippen LogP contribution in [-0.2, 0) is 16.1 Å². The molecule has 0 N–H and O–H groups in total. The van der Waals surface area contributed by atoms with Gasteiger partial charge in [-0.25, -0.2) is 0 Å². The minimum absolute atomic E-state index is 0. The van der Waals surface area contributed by atoms with E-state index >= 15 is 0 Å². The first kappa shape index (κ1) is 18.3. The Kier molecular flexibility index (Phi) is 7.74. The van der Waals surface area contributed by atoms with Crippen molar-refractivity contribution in [2.24, 2.45) is 0 Å². The molecule has 2 aromatic carbocycles. The van der Waals surface area contributed by atoms with Gasteiger partial charge in [-0.15, -0.1) is 0 Å². The molecule has 0 bridgehead atoms. The maximum Gasteiger partial charge on any atom is 1.00 e. The smallest absolute Gasteiger partial charge is 0.542 e. The van der Waals surface area contributed by atoms with Crippen LogP contribution in [0.2, 0.25) is 0 Å². The monoisotopic (exact) mass is 306 g/mol. The Hall–Kier alpha value is -1.75. The molecule has 0 spiro atoms. The number of hydrogen-bond donors (Lipinski definition) is 0. The van der Waals surface area contributed by atoms with Crippen LogP contribution in [-0.4, -0.2) is 13.1 Å². The van der Waals surface area contributed by atoms with Crippen LogP contribution in [0.5, 0.6) is 5.75 Å². The molecule has 2 aromatic rings. The van der Waals surface area contributed by atoms with E-state index in [9.17, 15) is 9.90 Å². The van der Waals surface area contributed by atoms with Crippen LogP contribution in [0.3, 0.4) is 0 Å². The minimum atomic E-state index is -1.35. The molecule has 0 atom stereocenters. The summed E-state index contributed by atoms with van der Waals surface area (Å²) in [4.78, 5) is 10.7. The van der Waals surface area contributed by atoms with Crippen molar-refractivity contribution in [1.29, 1.82) is 0 Å². The van der Waals surface area contributed by atoms with Gasteiger partial charge in [-0.1, -0.05) is 42.5 Å². The quantitative estimate of drug-likeness (QED) is 0.390. The SMILES string of the molecule is COC(=Cc1ccc(OCc2ccccc2)cc1)C(=O)[O-].[Na+]. The number of carbonyl (C=O) groups is 1. The number of benzene rings is 2. The van der Waals surface area contributed by atoms with Gasteiger partial charge in [0.1, 0.15) is 24.1 Å². The molecule has 0 unspecified atom stereocenters. The summed E-state index contributed by atoms with van der Waals surface area (Å²) in [6, 6.07) is 16.9. The van der Waals surface area contributed by atoms with E-state index in [-0.39, 0.29) is 35.3 Å². The number of carboxylic acid groups (broad SMARTS) is 1. The van der Waals surface area contributed by atoms with Gasteiger partial charge in [-0.3, -0.25) is 0 Å². The van der Waals surface area contributed by atoms with Gasteiger partial charge in [0.25, 0.3) is 0 Å². The summed E-state index contributed by atoms with van der Waals surface area (Å²) in [7, 11) is 1.29. The van der Waals surface area contributed by atoms with Gasteiger partial charge in [0.2, 0.25) is 0 Å². The molecular formula is C17H15NaO4. The topological polar surface area (TPSA) is 58.6 Å². The van der Waals surface area contributed by atoms with Crippen molar-refractivity contribution in [1.82, 2.24) is 0 Å². The number of carboxylic acids is 1. The molecule has 0 heterocycles. The predicted molar refractivity (Wildman–Crippen MR) is 77.2 cm³/mol. The van der Waals surface area contributed by atoms with Crippen molar-refractivity contribution >= 4 is 12.0 Å². The standard InChI is InChI=1S/C17H16O4.Na/c1-20-16(17(18)19)11-13-7-9-15(10-8-13)21-12-14-5-3-2-4-6-14;/h2-11H,12H2,1H3,(H,18,19);/q;+1/p-1. The van der Waals surface area contributed by atoms with Crippen LogP contribution in [0.25, 0.3) is 6.08 Å². The number of carbonyl (C=O) groups excluding carboxylic acids is 1. The summed E-state index contributed by atoms with van der Waals surface area (Å²) in [5.74, 6) is -0.849. The van der Waals surface area contributed by atoms with Crippen molar-refractivity contribution in [3.05, 3.63) is 71.5 Å². The molecule has 0 aliphatic heterocycles. The van der Waals surface area contributed by atoms with Crippen molar-refractivity contribution in [2.75, 3.05) is 7.11 Å². The molecule has 0 saturated heterocycles. The third-order valence-electron chi connectivity index (χ3n) is 2.85. The average Bonchev–Trinajstić information content (AvgIpc) is 2.52. The molecule has 4 nitrogen and oxygen atoms in total. The Morgan fingerprint density at radius 1 is 1.09 bits per heavy atom. The zero-order valence-electron chi connectivity index (χ0n) is 12.6. The third-order valence-corrected chi connectivity index (χ3v) is 2.85. The van der Waals surface area contributed by atoms with Crippen molar-refractivity contribution < 1.29 is 48.9 Å². The molecular weight excluding hydrogens is 291 g/mol. The van der Waals surface area contributed by atoms with Crippen LogP contribution >= 0.6 is 0 Å². The van der Waals surface area contributed by atoms with Crippen LogP contribution < -0.4 is 39.4 Å². The Bertz CT molecular complexity index is 621. The zero-order chi connectivity index (χ0) is 15.1. The van der Waals surface area contributed by atoms with E-state index in [0.29, 0.717) is 17.9 Å². The normalized spacial score (nSPS) is 10.5. The Morgan fingerprint density at radius 3 is 2.27 bits per heavy atom. The van der Waals surface area contributed by atoms with E-state index in [0.717, 1.165) is 5.56 Å². The van der Waals surface area contributed by atoms with Crippen LogP contribution in [0.4, 0.5) is 0 Å². The molecule has 0 aliphatic carbocycles. The predicted octanol–water partition coefficient (Wildman–Crippen LogP) is -0.993. The van der Waals surface area contributed by atoms with Gasteiger partial charge >= 0.3 is 29.6 Å². The number of rotatable bonds is 6. The fourth-order valence-electron chi connectivity index (χ4n) is 1.75. The number of aliphatic carboxylic acids is 1. The summed E-state index contributed by atoms with van der Waals surface area (Å²) >= 11 is 0. The maximum absolute atomic E-state index is 10.7. The molecule has 0 radical (unpaired) electrons. The van der Waals surface area contributed by atoms with Gasteiger partial charge in [0.15, 0.2) is 0 Å². The Balaban J connectivity index is 0.00000242. The Morgan fingerprint density at radius 2 is 1.73 bits per heavy atom. The molecule has 5 heteroatoms. The van der Waals surface area contributed by atoms with Gasteiger partial charge in [0.05, 0.1) is 7.11 Å². The van der Waals surface area contributed by atoms with Gasteiger partial charge in [-0.2, -0.15) is 0 Å². The van der Waals surface area contributed by atoms with E-state index in [1.54, 1.807) is 24.3 Å². The number of methoxy groups -OCH3 is 1. The third kappa shape index (κ3) is 5.56. The number of hydrogen-bond acceptors (Lipinski definition) is 4. The molecule has 0 aromatic heterocycles. The molecule has 0 saturated carbocycles. The molecule has 22 heavy (non-hydrogen) atoms. The second kappa shape index (κ2) is 9.30. The molecule has 2 rings (SSSR count). The van der Waals surface area contributed by atoms with E-state index in [1.807, 2.05) is 30.3 Å². The molecule has 0 aliphatic rings. The fraction of sp³-hybridized carbons (Fsp3) is 0.118. The first-order valence-corrected chi connectivity index (χ1v) is 6.43. The summed E-state index contributed by atoms with van der Waals surface area (Å²) in [6.07, 6.45) is 1.40. The number of ether oxygens (including phenoxy) is 2. The van der Waals surface area contributed by atoms with Crippen molar-refractivity contribution in [3.8, 4) is 5.75 Å². The van der Waals surface area contributed by atoms with Crippen molar-refractivity contribution in [2.45, 2.75) is 6.61 Å². The van der Waals surface area contributed by atoms with Crippen LogP contribution in [0.1, 0.15) is 11.1 Å². The zero-order valence-corrected chi connectivity index (χ0v) is 14.6. The van der Waals surface area contributed by atoms with E-state index in [1.165, 1.54) is 13.2 Å². The van der Waals surface area contributed by atoms with E-state index in [2.05, 4.69) is 0 Å². The van der Waals surface area contributed by atoms with Crippen LogP contribution in [0, 0.1) is 0 Å². The first-order valence-electron chi connectivity index (χ1n) is 6.43. The minimum Gasteiger partial charge on any atom is -0.542 e. The van der Waals surface area contributed by atoms with E-state index < -0.39 is 5.97 Å². The molecule has 108 valence electrons. The second-order valence-corrected chi connectivity index (χ2v) is 4.34. The first-order chi connectivity index (χ1) is 10.2. The van der Waals surface area contributed by atoms with Gasteiger partial charge < -0.3 is 19.4 Å². The molecule has 0 amide bonds. The van der Waals surface area contributed by atoms with E-state index in [4.69, 9.17) is 9.47 Å². The average molecular weight is 306 g/mol. The summed E-state index contributed by atoms with van der Waals surface area (Å²) in [5, 5.41) is 10.7. The largest absolute Gasteiger partial charge is 1.00 e. The second-order valence-electron chi connectivity index (χ2n) is 4.34. The van der Waals surface area contributed by atoms with Crippen molar-refractivity contribution in [3.63, 3.8) is 0 Å².